The lowest BCUT2D eigenvalue weighted by Gasteiger charge is -2.24. The van der Waals surface area contributed by atoms with Gasteiger partial charge in [-0.1, -0.05) is 69.2 Å². The topological polar surface area (TPSA) is 79.6 Å². The van der Waals surface area contributed by atoms with Gasteiger partial charge < -0.3 is 9.32 Å². The largest absolute Gasteiger partial charge is 0.451 e. The van der Waals surface area contributed by atoms with E-state index in [-0.39, 0.29) is 10.7 Å². The lowest BCUT2D eigenvalue weighted by molar-refractivity contribution is 0.0956. The molecule has 186 valence electrons. The van der Waals surface area contributed by atoms with Gasteiger partial charge >= 0.3 is 5.91 Å². The van der Waals surface area contributed by atoms with Crippen molar-refractivity contribution in [2.75, 3.05) is 18.0 Å². The molecule has 36 heavy (non-hydrogen) atoms. The van der Waals surface area contributed by atoms with E-state index < -0.39 is 15.9 Å². The fourth-order valence-electron chi connectivity index (χ4n) is 4.06. The van der Waals surface area contributed by atoms with Crippen molar-refractivity contribution >= 4 is 32.6 Å². The number of unbranched alkanes of at least 4 members (excludes halogenated alkanes) is 2. The molecule has 0 spiro atoms. The number of anilines is 1. The normalized spacial score (nSPS) is 11.3. The first kappa shape index (κ1) is 25.3. The molecule has 1 amide bonds. The average Bonchev–Trinajstić information content (AvgIpc) is 3.33. The van der Waals surface area contributed by atoms with E-state index in [0.717, 1.165) is 49.8 Å². The minimum absolute atomic E-state index is 0.0540. The van der Waals surface area contributed by atoms with Crippen LogP contribution in [0.25, 0.3) is 22.1 Å². The maximum atomic E-state index is 13.2. The number of nitrogens with one attached hydrogen (secondary N) is 1. The van der Waals surface area contributed by atoms with Gasteiger partial charge in [0, 0.05) is 41.9 Å². The zero-order chi connectivity index (χ0) is 25.5. The number of hydrogen-bond donors (Lipinski definition) is 1. The fraction of sp³-hybridized carbons (Fsp3) is 0.276. The maximum Gasteiger partial charge on any atom is 0.300 e. The van der Waals surface area contributed by atoms with Gasteiger partial charge in [-0.25, -0.2) is 13.1 Å². The van der Waals surface area contributed by atoms with Crippen LogP contribution in [0.3, 0.4) is 0 Å². The summed E-state index contributed by atoms with van der Waals surface area (Å²) in [6, 6.07) is 24.8. The molecule has 0 saturated carbocycles. The van der Waals surface area contributed by atoms with E-state index in [0.29, 0.717) is 16.7 Å². The molecule has 1 aromatic heterocycles. The highest BCUT2D eigenvalue weighted by Crippen LogP contribution is 2.28. The van der Waals surface area contributed by atoms with Crippen molar-refractivity contribution in [3.8, 4) is 11.1 Å². The summed E-state index contributed by atoms with van der Waals surface area (Å²) in [4.78, 5) is 15.2. The van der Waals surface area contributed by atoms with E-state index in [1.54, 1.807) is 24.3 Å². The third-order valence-electron chi connectivity index (χ3n) is 6.03. The van der Waals surface area contributed by atoms with Crippen molar-refractivity contribution in [2.45, 2.75) is 44.4 Å². The summed E-state index contributed by atoms with van der Waals surface area (Å²) in [5, 5.41) is 0.736. The molecule has 0 aliphatic carbocycles. The van der Waals surface area contributed by atoms with Crippen molar-refractivity contribution in [3.63, 3.8) is 0 Å². The smallest absolute Gasteiger partial charge is 0.300 e. The molecule has 7 heteroatoms. The molecule has 6 nitrogen and oxygen atoms in total. The summed E-state index contributed by atoms with van der Waals surface area (Å²) in [6.07, 6.45) is 4.39. The van der Waals surface area contributed by atoms with Gasteiger partial charge in [0.2, 0.25) is 0 Å². The second-order valence-electron chi connectivity index (χ2n) is 8.68. The number of sulfonamides is 1. The summed E-state index contributed by atoms with van der Waals surface area (Å²) in [5.74, 6) is -0.888. The third-order valence-corrected chi connectivity index (χ3v) is 7.40. The molecule has 1 heterocycles. The van der Waals surface area contributed by atoms with E-state index in [1.807, 2.05) is 36.4 Å². The van der Waals surface area contributed by atoms with Crippen LogP contribution in [0.4, 0.5) is 5.69 Å². The van der Waals surface area contributed by atoms with Gasteiger partial charge in [0.05, 0.1) is 0 Å². The number of nitrogens with zero attached hydrogens (tertiary/aromatic N) is 1. The second kappa shape index (κ2) is 11.3. The van der Waals surface area contributed by atoms with Gasteiger partial charge in [0.25, 0.3) is 10.0 Å². The predicted octanol–water partition coefficient (Wildman–Crippen LogP) is 6.23. The molecule has 1 N–H and O–H groups in total. The highest BCUT2D eigenvalue weighted by molar-refractivity contribution is 7.90. The molecule has 0 atom stereocenters. The molecular weight excluding hydrogens is 472 g/mol. The van der Waals surface area contributed by atoms with Crippen LogP contribution >= 0.6 is 0 Å². The molecular formula is C29H30N2O4S. The number of fused-ring (bicyclic) bond motifs is 1. The van der Waals surface area contributed by atoms with Crippen LogP contribution in [0.5, 0.6) is 0 Å². The van der Waals surface area contributed by atoms with Gasteiger partial charge in [-0.3, -0.25) is 4.79 Å². The molecule has 3 aromatic carbocycles. The van der Waals surface area contributed by atoms with Gasteiger partial charge in [0.1, 0.15) is 10.5 Å². The standard InChI is InChI=1S/C29H30N2O4S/c1-3-5-18-31(19-6-4-2)24-17-16-23-20-27(35-26(23)21-24)29(32)30-36(33,34)28-15-11-10-14-25(28)22-12-8-7-9-13-22/h7-9,12-17,20-21H,3-6,18-19H2,1-2H3,(H,30,32). The lowest BCUT2D eigenvalue weighted by Crippen LogP contribution is -2.30. The van der Waals surface area contributed by atoms with Crippen molar-refractivity contribution in [2.24, 2.45) is 0 Å². The van der Waals surface area contributed by atoms with Crippen LogP contribution < -0.4 is 9.62 Å². The Morgan fingerprint density at radius 1 is 0.944 bits per heavy atom. The Labute approximate surface area is 213 Å². The highest BCUT2D eigenvalue weighted by atomic mass is 32.2. The minimum atomic E-state index is -4.19. The zero-order valence-electron chi connectivity index (χ0n) is 20.6. The number of hydrogen-bond acceptors (Lipinski definition) is 5. The maximum absolute atomic E-state index is 13.2. The number of benzene rings is 2. The highest BCUT2D eigenvalue weighted by Gasteiger charge is 2.24. The Morgan fingerprint density at radius 3 is 2.33 bits per heavy atom. The number of furan rings is 1. The van der Waals surface area contributed by atoms with Crippen LogP contribution in [0.2, 0.25) is 0 Å². The lowest BCUT2D eigenvalue weighted by atomic mass is 10.1. The molecule has 0 saturated heterocycles. The predicted molar refractivity (Wildman–Crippen MR) is 142 cm³/mol. The van der Waals surface area contributed by atoms with E-state index in [1.165, 1.54) is 6.07 Å². The molecule has 4 aromatic rings. The quantitative estimate of drug-likeness (QED) is 0.263. The van der Waals surface area contributed by atoms with Crippen molar-refractivity contribution < 1.29 is 17.6 Å². The first-order valence-corrected chi connectivity index (χ1v) is 13.7. The Bertz CT molecular complexity index is 1420. The molecule has 0 bridgehead atoms. The van der Waals surface area contributed by atoms with E-state index in [2.05, 4.69) is 35.6 Å². The number of amides is 1. The van der Waals surface area contributed by atoms with Gasteiger partial charge in [0.15, 0.2) is 5.76 Å². The van der Waals surface area contributed by atoms with Crippen LogP contribution in [0.15, 0.2) is 76.0 Å². The van der Waals surface area contributed by atoms with Crippen LogP contribution in [0.1, 0.15) is 50.1 Å². The van der Waals surface area contributed by atoms with E-state index in [9.17, 15) is 13.2 Å². The molecule has 0 unspecified atom stereocenters. The zero-order valence-corrected chi connectivity index (χ0v) is 21.4. The molecule has 0 fully saturated rings. The first-order chi connectivity index (χ1) is 17.4. The summed E-state index contributed by atoms with van der Waals surface area (Å²) in [6.45, 7) is 6.23. The van der Waals surface area contributed by atoms with Gasteiger partial charge in [-0.15, -0.1) is 0 Å². The molecule has 0 aliphatic rings. The SMILES string of the molecule is CCCCN(CCCC)c1ccc2cc(C(=O)NS(=O)(=O)c3cc#ccc3-c3ccccc3)oc2c1. The Hall–Kier alpha value is -3.76. The van der Waals surface area contributed by atoms with Crippen LogP contribution in [-0.2, 0) is 10.0 Å². The number of rotatable bonds is 11. The Morgan fingerprint density at radius 2 is 1.64 bits per heavy atom. The summed E-state index contributed by atoms with van der Waals surface area (Å²) >= 11 is 0. The fourth-order valence-corrected chi connectivity index (χ4v) is 5.19. The van der Waals surface area contributed by atoms with E-state index in [4.69, 9.17) is 4.42 Å². The molecule has 4 rings (SSSR count). The van der Waals surface area contributed by atoms with Crippen molar-refractivity contribution in [3.05, 3.63) is 84.6 Å². The minimum Gasteiger partial charge on any atom is -0.451 e. The number of carbonyl (C=O) groups excluding carboxylic acids is 1. The monoisotopic (exact) mass is 502 g/mol. The Balaban J connectivity index is 1.58. The third kappa shape index (κ3) is 5.72. The van der Waals surface area contributed by atoms with Crippen LogP contribution in [0, 0.1) is 12.1 Å². The van der Waals surface area contributed by atoms with Crippen molar-refractivity contribution in [1.82, 2.24) is 4.72 Å². The molecule has 0 radical (unpaired) electrons. The van der Waals surface area contributed by atoms with Crippen molar-refractivity contribution in [1.29, 1.82) is 0 Å². The van der Waals surface area contributed by atoms with Crippen LogP contribution in [-0.4, -0.2) is 27.4 Å². The summed E-state index contributed by atoms with van der Waals surface area (Å²) in [7, 11) is -4.19. The second-order valence-corrected chi connectivity index (χ2v) is 10.3. The Kier molecular flexibility index (Phi) is 7.97. The van der Waals surface area contributed by atoms with Gasteiger partial charge in [-0.05, 0) is 42.7 Å². The van der Waals surface area contributed by atoms with Gasteiger partial charge in [-0.2, -0.15) is 0 Å². The first-order valence-electron chi connectivity index (χ1n) is 12.3. The number of carbonyl (C=O) groups is 1. The van der Waals surface area contributed by atoms with E-state index >= 15 is 0 Å². The summed E-state index contributed by atoms with van der Waals surface area (Å²) in [5.41, 5.74) is 2.70. The average molecular weight is 503 g/mol. The molecule has 0 aliphatic heterocycles. The summed E-state index contributed by atoms with van der Waals surface area (Å²) < 4.78 is 34.3.